The van der Waals surface area contributed by atoms with Crippen LogP contribution in [0.25, 0.3) is 0 Å². The Labute approximate surface area is 154 Å². The van der Waals surface area contributed by atoms with Crippen LogP contribution in [-0.2, 0) is 18.5 Å². The van der Waals surface area contributed by atoms with Gasteiger partial charge in [-0.25, -0.2) is 4.98 Å². The van der Waals surface area contributed by atoms with E-state index in [1.165, 1.54) is 0 Å². The topological polar surface area (TPSA) is 58.5 Å². The molecule has 0 aliphatic carbocycles. The van der Waals surface area contributed by atoms with Crippen molar-refractivity contribution >= 4 is 17.3 Å². The molecule has 1 heterocycles. The predicted octanol–water partition coefficient (Wildman–Crippen LogP) is 3.70. The van der Waals surface area contributed by atoms with Gasteiger partial charge in [0.25, 0.3) is 0 Å². The van der Waals surface area contributed by atoms with Crippen molar-refractivity contribution in [2.75, 3.05) is 13.7 Å². The Morgan fingerprint density at radius 3 is 2.56 bits per heavy atom. The zero-order valence-corrected chi connectivity index (χ0v) is 16.5. The van der Waals surface area contributed by atoms with Crippen LogP contribution in [-0.4, -0.2) is 24.6 Å². The highest BCUT2D eigenvalue weighted by Gasteiger charge is 2.17. The number of nitrogens with one attached hydrogen (secondary N) is 2. The van der Waals surface area contributed by atoms with Gasteiger partial charge in [-0.15, -0.1) is 11.3 Å². The lowest BCUT2D eigenvalue weighted by Crippen LogP contribution is -2.36. The van der Waals surface area contributed by atoms with Gasteiger partial charge in [0.1, 0.15) is 10.8 Å². The van der Waals surface area contributed by atoms with E-state index >= 15 is 0 Å². The van der Waals surface area contributed by atoms with Crippen LogP contribution in [0, 0.1) is 0 Å². The van der Waals surface area contributed by atoms with E-state index in [1.807, 2.05) is 25.1 Å². The van der Waals surface area contributed by atoms with Crippen molar-refractivity contribution in [2.45, 2.75) is 46.2 Å². The summed E-state index contributed by atoms with van der Waals surface area (Å²) < 4.78 is 5.66. The molecule has 0 radical (unpaired) electrons. The van der Waals surface area contributed by atoms with E-state index in [0.717, 1.165) is 28.0 Å². The molecule has 1 aromatic heterocycles. The minimum atomic E-state index is 0.0810. The van der Waals surface area contributed by atoms with Gasteiger partial charge in [-0.05, 0) is 13.0 Å². The van der Waals surface area contributed by atoms with Crippen molar-refractivity contribution in [3.8, 4) is 5.75 Å². The third-order valence-electron chi connectivity index (χ3n) is 3.67. The number of hydrogen-bond donors (Lipinski definition) is 2. The van der Waals surface area contributed by atoms with E-state index < -0.39 is 0 Å². The summed E-state index contributed by atoms with van der Waals surface area (Å²) in [6.07, 6.45) is 0. The first-order valence-corrected chi connectivity index (χ1v) is 9.42. The van der Waals surface area contributed by atoms with Crippen LogP contribution in [0.15, 0.2) is 34.6 Å². The number of rotatable bonds is 6. The first kappa shape index (κ1) is 19.2. The summed E-state index contributed by atoms with van der Waals surface area (Å²) >= 11 is 1.68. The predicted molar refractivity (Wildman–Crippen MR) is 105 cm³/mol. The monoisotopic (exact) mass is 360 g/mol. The highest BCUT2D eigenvalue weighted by molar-refractivity contribution is 7.09. The minimum Gasteiger partial charge on any atom is -0.494 e. The maximum Gasteiger partial charge on any atom is 0.191 e. The molecule has 6 heteroatoms. The Balaban J connectivity index is 1.90. The standard InChI is InChI=1S/C19H28N4OS/c1-6-24-15-10-8-7-9-14(15)11-21-18(20-5)22-12-17-23-16(13-25-17)19(2,3)4/h7-10,13H,6,11-12H2,1-5H3,(H2,20,21,22). The van der Waals surface area contributed by atoms with Gasteiger partial charge in [-0.3, -0.25) is 4.99 Å². The average molecular weight is 361 g/mol. The average Bonchev–Trinajstić information content (AvgIpc) is 3.06. The van der Waals surface area contributed by atoms with Crippen LogP contribution < -0.4 is 15.4 Å². The number of guanidine groups is 1. The molecule has 2 N–H and O–H groups in total. The Morgan fingerprint density at radius 1 is 1.20 bits per heavy atom. The lowest BCUT2D eigenvalue weighted by Gasteiger charge is -2.15. The molecule has 0 amide bonds. The van der Waals surface area contributed by atoms with Gasteiger partial charge in [0.05, 0.1) is 18.8 Å². The second-order valence-electron chi connectivity index (χ2n) is 6.70. The van der Waals surface area contributed by atoms with E-state index in [2.05, 4.69) is 47.8 Å². The quantitative estimate of drug-likeness (QED) is 0.609. The van der Waals surface area contributed by atoms with Crippen LogP contribution >= 0.6 is 11.3 Å². The molecule has 0 bridgehead atoms. The number of aromatic nitrogens is 1. The van der Waals surface area contributed by atoms with E-state index in [-0.39, 0.29) is 5.41 Å². The van der Waals surface area contributed by atoms with E-state index in [4.69, 9.17) is 9.72 Å². The van der Waals surface area contributed by atoms with E-state index in [0.29, 0.717) is 19.7 Å². The minimum absolute atomic E-state index is 0.0810. The van der Waals surface area contributed by atoms with Gasteiger partial charge in [-0.1, -0.05) is 39.0 Å². The zero-order chi connectivity index (χ0) is 18.3. The summed E-state index contributed by atoms with van der Waals surface area (Å²) in [5, 5.41) is 9.83. The summed E-state index contributed by atoms with van der Waals surface area (Å²) in [4.78, 5) is 8.98. The number of benzene rings is 1. The van der Waals surface area contributed by atoms with Gasteiger partial charge in [0.15, 0.2) is 5.96 Å². The van der Waals surface area contributed by atoms with Gasteiger partial charge in [0.2, 0.25) is 0 Å². The summed E-state index contributed by atoms with van der Waals surface area (Å²) in [6.45, 7) is 10.5. The second kappa shape index (κ2) is 8.85. The fraction of sp³-hybridized carbons (Fsp3) is 0.474. The highest BCUT2D eigenvalue weighted by atomic mass is 32.1. The second-order valence-corrected chi connectivity index (χ2v) is 7.64. The molecule has 0 atom stereocenters. The van der Waals surface area contributed by atoms with Crippen molar-refractivity contribution in [1.82, 2.24) is 15.6 Å². The number of thiazole rings is 1. The van der Waals surface area contributed by atoms with Crippen LogP contribution in [0.2, 0.25) is 0 Å². The molecule has 2 aromatic rings. The number of aliphatic imine (C=N–C) groups is 1. The number of ether oxygens (including phenoxy) is 1. The molecule has 0 spiro atoms. The fourth-order valence-electron chi connectivity index (χ4n) is 2.24. The van der Waals surface area contributed by atoms with Crippen molar-refractivity contribution < 1.29 is 4.74 Å². The van der Waals surface area contributed by atoms with Crippen molar-refractivity contribution in [2.24, 2.45) is 4.99 Å². The van der Waals surface area contributed by atoms with Gasteiger partial charge in [0, 0.05) is 30.0 Å². The molecule has 5 nitrogen and oxygen atoms in total. The molecule has 2 rings (SSSR count). The van der Waals surface area contributed by atoms with E-state index in [9.17, 15) is 0 Å². The largest absolute Gasteiger partial charge is 0.494 e. The molecule has 0 unspecified atom stereocenters. The summed E-state index contributed by atoms with van der Waals surface area (Å²) in [6, 6.07) is 8.04. The maximum absolute atomic E-state index is 5.66. The fourth-order valence-corrected chi connectivity index (χ4v) is 3.20. The molecule has 0 saturated carbocycles. The Kier molecular flexibility index (Phi) is 6.82. The number of para-hydroxylation sites is 1. The van der Waals surface area contributed by atoms with Crippen LogP contribution in [0.1, 0.15) is 44.0 Å². The first-order valence-electron chi connectivity index (χ1n) is 8.54. The van der Waals surface area contributed by atoms with Crippen LogP contribution in [0.4, 0.5) is 0 Å². The Hall–Kier alpha value is -2.08. The molecule has 25 heavy (non-hydrogen) atoms. The van der Waals surface area contributed by atoms with Gasteiger partial charge in [-0.2, -0.15) is 0 Å². The van der Waals surface area contributed by atoms with Gasteiger partial charge < -0.3 is 15.4 Å². The summed E-state index contributed by atoms with van der Waals surface area (Å²) in [5.74, 6) is 1.65. The third kappa shape index (κ3) is 5.74. The lowest BCUT2D eigenvalue weighted by molar-refractivity contribution is 0.336. The van der Waals surface area contributed by atoms with E-state index in [1.54, 1.807) is 18.4 Å². The SMILES string of the molecule is CCOc1ccccc1CNC(=NC)NCc1nc(C(C)(C)C)cs1. The Morgan fingerprint density at radius 2 is 1.92 bits per heavy atom. The molecule has 136 valence electrons. The highest BCUT2D eigenvalue weighted by Crippen LogP contribution is 2.23. The van der Waals surface area contributed by atoms with Gasteiger partial charge >= 0.3 is 0 Å². The maximum atomic E-state index is 5.66. The van der Waals surface area contributed by atoms with Crippen molar-refractivity contribution in [3.63, 3.8) is 0 Å². The molecule has 0 saturated heterocycles. The molecule has 1 aromatic carbocycles. The zero-order valence-electron chi connectivity index (χ0n) is 15.7. The van der Waals surface area contributed by atoms with Crippen molar-refractivity contribution in [1.29, 1.82) is 0 Å². The molecular formula is C19H28N4OS. The smallest absolute Gasteiger partial charge is 0.191 e. The number of hydrogen-bond acceptors (Lipinski definition) is 4. The molecule has 0 aliphatic heterocycles. The number of nitrogens with zero attached hydrogens (tertiary/aromatic N) is 2. The third-order valence-corrected chi connectivity index (χ3v) is 4.52. The summed E-state index contributed by atoms with van der Waals surface area (Å²) in [7, 11) is 1.77. The normalized spacial score (nSPS) is 12.1. The summed E-state index contributed by atoms with van der Waals surface area (Å²) in [5.41, 5.74) is 2.32. The Bertz CT molecular complexity index is 703. The van der Waals surface area contributed by atoms with Crippen LogP contribution in [0.5, 0.6) is 5.75 Å². The molecule has 0 fully saturated rings. The molecule has 0 aliphatic rings. The van der Waals surface area contributed by atoms with Crippen LogP contribution in [0.3, 0.4) is 0 Å². The first-order chi connectivity index (χ1) is 11.9. The van der Waals surface area contributed by atoms with Crippen molar-refractivity contribution in [3.05, 3.63) is 45.9 Å². The molecular weight excluding hydrogens is 332 g/mol. The lowest BCUT2D eigenvalue weighted by atomic mass is 9.93.